The molecule has 0 saturated carbocycles. The molecule has 0 amide bonds. The third-order valence-electron chi connectivity index (χ3n) is 1.45. The Morgan fingerprint density at radius 1 is 1.83 bits per heavy atom. The van der Waals surface area contributed by atoms with Crippen molar-refractivity contribution in [1.29, 1.82) is 0 Å². The summed E-state index contributed by atoms with van der Waals surface area (Å²) in [5.41, 5.74) is 0.662. The maximum absolute atomic E-state index is 11.9. The summed E-state index contributed by atoms with van der Waals surface area (Å²) >= 11 is 0. The van der Waals surface area contributed by atoms with Crippen molar-refractivity contribution in [2.45, 2.75) is 19.4 Å². The fourth-order valence-corrected chi connectivity index (χ4v) is 0.694. The van der Waals surface area contributed by atoms with Gasteiger partial charge in [-0.15, -0.1) is 6.42 Å². The molecule has 1 unspecified atom stereocenters. The molecule has 2 nitrogen and oxygen atoms in total. The van der Waals surface area contributed by atoms with Crippen LogP contribution >= 0.6 is 0 Å². The molecule has 3 heteroatoms. The van der Waals surface area contributed by atoms with E-state index in [1.165, 1.54) is 0 Å². The molecule has 0 aliphatic heterocycles. The lowest BCUT2D eigenvalue weighted by Crippen LogP contribution is -2.27. The van der Waals surface area contributed by atoms with Gasteiger partial charge in [0.2, 0.25) is 0 Å². The van der Waals surface area contributed by atoms with E-state index in [4.69, 9.17) is 11.5 Å². The highest BCUT2D eigenvalue weighted by Crippen LogP contribution is 1.98. The highest BCUT2D eigenvalue weighted by Gasteiger charge is 1.99. The van der Waals surface area contributed by atoms with Crippen molar-refractivity contribution < 1.29 is 9.50 Å². The molecule has 2 N–H and O–H groups in total. The molecular formula is C9H14FNO. The SMILES string of the molecule is C#CC(C/C=C(/C)CF)NCO. The Hall–Kier alpha value is -0.850. The minimum atomic E-state index is -0.448. The minimum absolute atomic E-state index is 0.155. The molecule has 0 aliphatic rings. The summed E-state index contributed by atoms with van der Waals surface area (Å²) in [5, 5.41) is 11.2. The van der Waals surface area contributed by atoms with Gasteiger partial charge in [0.05, 0.1) is 12.8 Å². The average Bonchev–Trinajstić information content (AvgIpc) is 2.11. The van der Waals surface area contributed by atoms with E-state index in [1.807, 2.05) is 0 Å². The third-order valence-corrected chi connectivity index (χ3v) is 1.45. The molecule has 68 valence electrons. The van der Waals surface area contributed by atoms with Crippen molar-refractivity contribution in [3.05, 3.63) is 11.6 Å². The fourth-order valence-electron chi connectivity index (χ4n) is 0.694. The molecule has 0 aliphatic carbocycles. The number of hydrogen-bond donors (Lipinski definition) is 2. The van der Waals surface area contributed by atoms with Crippen molar-refractivity contribution in [1.82, 2.24) is 5.32 Å². The standard InChI is InChI=1S/C9H14FNO/c1-3-9(11-7-12)5-4-8(2)6-10/h1,4,9,11-12H,5-7H2,2H3/b8-4-. The van der Waals surface area contributed by atoms with Crippen LogP contribution < -0.4 is 5.32 Å². The number of halogens is 1. The van der Waals surface area contributed by atoms with E-state index in [9.17, 15) is 4.39 Å². The van der Waals surface area contributed by atoms with Crippen LogP contribution in [0.3, 0.4) is 0 Å². The molecule has 0 aromatic heterocycles. The molecule has 0 saturated heterocycles. The van der Waals surface area contributed by atoms with Crippen molar-refractivity contribution in [3.8, 4) is 12.3 Å². The average molecular weight is 171 g/mol. The highest BCUT2D eigenvalue weighted by molar-refractivity contribution is 5.06. The molecule has 0 bridgehead atoms. The van der Waals surface area contributed by atoms with Gasteiger partial charge in [0.15, 0.2) is 0 Å². The summed E-state index contributed by atoms with van der Waals surface area (Å²) in [5.74, 6) is 2.44. The number of alkyl halides is 1. The monoisotopic (exact) mass is 171 g/mol. The molecule has 0 spiro atoms. The Morgan fingerprint density at radius 3 is 2.92 bits per heavy atom. The predicted molar refractivity (Wildman–Crippen MR) is 47.2 cm³/mol. The van der Waals surface area contributed by atoms with Crippen molar-refractivity contribution in [2.24, 2.45) is 0 Å². The van der Waals surface area contributed by atoms with Gasteiger partial charge in [-0.25, -0.2) is 4.39 Å². The molecule has 0 radical (unpaired) electrons. The zero-order valence-electron chi connectivity index (χ0n) is 7.18. The van der Waals surface area contributed by atoms with Crippen molar-refractivity contribution in [3.63, 3.8) is 0 Å². The van der Waals surface area contributed by atoms with Crippen LogP contribution in [-0.2, 0) is 0 Å². The maximum atomic E-state index is 11.9. The first-order valence-electron chi connectivity index (χ1n) is 3.76. The second-order valence-corrected chi connectivity index (χ2v) is 2.50. The summed E-state index contributed by atoms with van der Waals surface area (Å²) in [4.78, 5) is 0. The molecule has 0 heterocycles. The smallest absolute Gasteiger partial charge is 0.110 e. The summed E-state index contributed by atoms with van der Waals surface area (Å²) in [6.07, 6.45) is 7.42. The van der Waals surface area contributed by atoms with E-state index in [1.54, 1.807) is 13.0 Å². The number of allylic oxidation sites excluding steroid dienone is 1. The van der Waals surface area contributed by atoms with Gasteiger partial charge >= 0.3 is 0 Å². The van der Waals surface area contributed by atoms with E-state index >= 15 is 0 Å². The van der Waals surface area contributed by atoms with Gasteiger partial charge in [0.25, 0.3) is 0 Å². The van der Waals surface area contributed by atoms with Crippen LogP contribution in [0.15, 0.2) is 11.6 Å². The molecule has 0 aromatic rings. The van der Waals surface area contributed by atoms with Gasteiger partial charge in [-0.3, -0.25) is 5.32 Å². The van der Waals surface area contributed by atoms with Gasteiger partial charge in [-0.2, -0.15) is 0 Å². The molecule has 0 aromatic carbocycles. The lowest BCUT2D eigenvalue weighted by atomic mass is 10.1. The van der Waals surface area contributed by atoms with E-state index in [0.717, 1.165) is 0 Å². The Balaban J connectivity index is 3.81. The molecule has 12 heavy (non-hydrogen) atoms. The largest absolute Gasteiger partial charge is 0.381 e. The van der Waals surface area contributed by atoms with Gasteiger partial charge < -0.3 is 5.11 Å². The Bertz CT molecular complexity index is 183. The molecule has 0 fully saturated rings. The topological polar surface area (TPSA) is 32.3 Å². The van der Waals surface area contributed by atoms with Gasteiger partial charge in [0, 0.05) is 0 Å². The summed E-state index contributed by atoms with van der Waals surface area (Å²) < 4.78 is 11.9. The van der Waals surface area contributed by atoms with Crippen LogP contribution in [0.1, 0.15) is 13.3 Å². The summed E-state index contributed by atoms with van der Waals surface area (Å²) in [6, 6.07) is -0.212. The van der Waals surface area contributed by atoms with Crippen molar-refractivity contribution in [2.75, 3.05) is 13.4 Å². The van der Waals surface area contributed by atoms with Crippen LogP contribution in [0.4, 0.5) is 4.39 Å². The summed E-state index contributed by atoms with van der Waals surface area (Å²) in [7, 11) is 0. The number of rotatable bonds is 5. The summed E-state index contributed by atoms with van der Waals surface area (Å²) in [6.45, 7) is 1.10. The van der Waals surface area contributed by atoms with Gasteiger partial charge in [-0.1, -0.05) is 12.0 Å². The number of terminal acetylenes is 1. The van der Waals surface area contributed by atoms with Crippen LogP contribution in [0.2, 0.25) is 0 Å². The zero-order valence-corrected chi connectivity index (χ0v) is 7.18. The number of hydrogen-bond acceptors (Lipinski definition) is 2. The van der Waals surface area contributed by atoms with Crippen LogP contribution in [0.5, 0.6) is 0 Å². The van der Waals surface area contributed by atoms with E-state index in [-0.39, 0.29) is 12.8 Å². The zero-order chi connectivity index (χ0) is 9.40. The molecule has 0 rings (SSSR count). The molecular weight excluding hydrogens is 157 g/mol. The molecule has 1 atom stereocenters. The van der Waals surface area contributed by atoms with E-state index < -0.39 is 6.67 Å². The third kappa shape index (κ3) is 4.89. The lowest BCUT2D eigenvalue weighted by molar-refractivity contribution is 0.252. The first kappa shape index (κ1) is 11.2. The lowest BCUT2D eigenvalue weighted by Gasteiger charge is -2.07. The minimum Gasteiger partial charge on any atom is -0.381 e. The van der Waals surface area contributed by atoms with Gasteiger partial charge in [-0.05, 0) is 18.9 Å². The normalized spacial score (nSPS) is 14.0. The fraction of sp³-hybridized carbons (Fsp3) is 0.556. The van der Waals surface area contributed by atoms with Crippen LogP contribution in [0.25, 0.3) is 0 Å². The Kier molecular flexibility index (Phi) is 6.35. The second kappa shape index (κ2) is 6.84. The van der Waals surface area contributed by atoms with E-state index in [2.05, 4.69) is 11.2 Å². The second-order valence-electron chi connectivity index (χ2n) is 2.50. The Labute approximate surface area is 72.5 Å². The number of aliphatic hydroxyl groups is 1. The quantitative estimate of drug-likeness (QED) is 0.365. The first-order valence-corrected chi connectivity index (χ1v) is 3.76. The van der Waals surface area contributed by atoms with Crippen LogP contribution in [-0.4, -0.2) is 24.6 Å². The Morgan fingerprint density at radius 2 is 2.50 bits per heavy atom. The van der Waals surface area contributed by atoms with Gasteiger partial charge in [0.1, 0.15) is 6.67 Å². The maximum Gasteiger partial charge on any atom is 0.110 e. The number of aliphatic hydroxyl groups excluding tert-OH is 1. The predicted octanol–water partition coefficient (Wildman–Crippen LogP) is 0.833. The highest BCUT2D eigenvalue weighted by atomic mass is 19.1. The van der Waals surface area contributed by atoms with Crippen molar-refractivity contribution >= 4 is 0 Å². The van der Waals surface area contributed by atoms with Crippen LogP contribution in [0, 0.1) is 12.3 Å². The first-order chi connectivity index (χ1) is 5.74. The number of nitrogens with one attached hydrogen (secondary N) is 1. The van der Waals surface area contributed by atoms with E-state index in [0.29, 0.717) is 12.0 Å².